The van der Waals surface area contributed by atoms with Crippen LogP contribution < -0.4 is 26.0 Å². The third-order valence-electron chi connectivity index (χ3n) is 4.89. The molecular weight excluding hydrogens is 344 g/mol. The molecule has 2 fully saturated rings. The van der Waals surface area contributed by atoms with Crippen LogP contribution in [0.15, 0.2) is 18.2 Å². The highest BCUT2D eigenvalue weighted by atomic mass is 35.5. The van der Waals surface area contributed by atoms with Gasteiger partial charge < -0.3 is 21.1 Å². The average molecular weight is 369 g/mol. The van der Waals surface area contributed by atoms with E-state index in [2.05, 4.69) is 10.6 Å². The van der Waals surface area contributed by atoms with Gasteiger partial charge in [0.05, 0.1) is 18.3 Å². The van der Waals surface area contributed by atoms with Gasteiger partial charge in [0.25, 0.3) is 5.91 Å². The number of ether oxygens (including phenoxy) is 1. The smallest absolute Gasteiger partial charge is 0.322 e. The minimum absolute atomic E-state index is 0. The molecule has 1 aromatic rings. The number of benzene rings is 1. The fourth-order valence-electron chi connectivity index (χ4n) is 3.12. The molecule has 3 rings (SSSR count). The molecule has 0 spiro atoms. The van der Waals surface area contributed by atoms with E-state index in [1.165, 1.54) is 0 Å². The first-order valence-corrected chi connectivity index (χ1v) is 8.24. The first-order chi connectivity index (χ1) is 11.5. The Morgan fingerprint density at radius 3 is 2.72 bits per heavy atom. The first kappa shape index (κ1) is 19.3. The summed E-state index contributed by atoms with van der Waals surface area (Å²) < 4.78 is 5.34. The highest BCUT2D eigenvalue weighted by Gasteiger charge is 2.41. The molecule has 25 heavy (non-hydrogen) atoms. The maximum atomic E-state index is 12.7. The van der Waals surface area contributed by atoms with E-state index in [9.17, 15) is 9.59 Å². The van der Waals surface area contributed by atoms with Gasteiger partial charge in [-0.15, -0.1) is 12.4 Å². The standard InChI is InChI=1S/C17H24N4O3.ClH/c1-17(10-18,12-4-5-12)20-15(22)11-3-6-14(24-2)13(9-11)21-8-7-19-16(21)23;/h3,6,9,12H,4-5,7-8,10,18H2,1-2H3,(H,19,23)(H,20,22);1H. The normalized spacial score (nSPS) is 18.8. The highest BCUT2D eigenvalue weighted by Crippen LogP contribution is 2.39. The number of nitrogens with two attached hydrogens (primary N) is 1. The number of halogens is 1. The highest BCUT2D eigenvalue weighted by molar-refractivity contribution is 6.00. The van der Waals surface area contributed by atoms with Crippen LogP contribution in [0.5, 0.6) is 5.75 Å². The number of carbonyl (C=O) groups excluding carboxylic acids is 2. The van der Waals surface area contributed by atoms with E-state index in [-0.39, 0.29) is 29.9 Å². The van der Waals surface area contributed by atoms with Crippen molar-refractivity contribution in [2.24, 2.45) is 11.7 Å². The van der Waals surface area contributed by atoms with Gasteiger partial charge in [0.15, 0.2) is 0 Å². The zero-order valence-corrected chi connectivity index (χ0v) is 15.3. The third-order valence-corrected chi connectivity index (χ3v) is 4.89. The van der Waals surface area contributed by atoms with Gasteiger partial charge in [-0.05, 0) is 43.9 Å². The Hall–Kier alpha value is -1.99. The first-order valence-electron chi connectivity index (χ1n) is 8.24. The molecule has 3 amide bonds. The summed E-state index contributed by atoms with van der Waals surface area (Å²) >= 11 is 0. The third kappa shape index (κ3) is 3.82. The lowest BCUT2D eigenvalue weighted by atomic mass is 9.95. The zero-order valence-electron chi connectivity index (χ0n) is 14.5. The van der Waals surface area contributed by atoms with E-state index in [4.69, 9.17) is 10.5 Å². The second kappa shape index (κ2) is 7.49. The lowest BCUT2D eigenvalue weighted by Gasteiger charge is -2.29. The quantitative estimate of drug-likeness (QED) is 0.709. The number of nitrogens with zero attached hydrogens (tertiary/aromatic N) is 1. The molecule has 1 saturated heterocycles. The van der Waals surface area contributed by atoms with E-state index < -0.39 is 0 Å². The van der Waals surface area contributed by atoms with E-state index >= 15 is 0 Å². The monoisotopic (exact) mass is 368 g/mol. The molecule has 1 saturated carbocycles. The summed E-state index contributed by atoms with van der Waals surface area (Å²) in [5, 5.41) is 5.82. The van der Waals surface area contributed by atoms with Gasteiger partial charge in [-0.3, -0.25) is 9.69 Å². The molecule has 1 aliphatic heterocycles. The largest absolute Gasteiger partial charge is 0.495 e. The summed E-state index contributed by atoms with van der Waals surface area (Å²) in [6.45, 7) is 3.51. The van der Waals surface area contributed by atoms with Crippen molar-refractivity contribution >= 4 is 30.0 Å². The summed E-state index contributed by atoms with van der Waals surface area (Å²) in [6.07, 6.45) is 2.19. The van der Waals surface area contributed by atoms with Gasteiger partial charge in [0.2, 0.25) is 0 Å². The van der Waals surface area contributed by atoms with Crippen LogP contribution in [0.25, 0.3) is 0 Å². The molecule has 4 N–H and O–H groups in total. The van der Waals surface area contributed by atoms with Crippen LogP contribution in [0.2, 0.25) is 0 Å². The molecule has 2 aliphatic rings. The Morgan fingerprint density at radius 2 is 2.20 bits per heavy atom. The van der Waals surface area contributed by atoms with Gasteiger partial charge in [-0.1, -0.05) is 0 Å². The van der Waals surface area contributed by atoms with Crippen molar-refractivity contribution in [1.29, 1.82) is 0 Å². The number of urea groups is 1. The van der Waals surface area contributed by atoms with Gasteiger partial charge in [0.1, 0.15) is 5.75 Å². The van der Waals surface area contributed by atoms with E-state index in [1.54, 1.807) is 30.2 Å². The Morgan fingerprint density at radius 1 is 1.48 bits per heavy atom. The molecule has 0 bridgehead atoms. The number of nitrogens with one attached hydrogen (secondary N) is 2. The van der Waals surface area contributed by atoms with Crippen LogP contribution in [0.1, 0.15) is 30.1 Å². The molecule has 1 atom stereocenters. The minimum Gasteiger partial charge on any atom is -0.495 e. The van der Waals surface area contributed by atoms with E-state index in [1.807, 2.05) is 6.92 Å². The summed E-state index contributed by atoms with van der Waals surface area (Å²) in [4.78, 5) is 26.2. The number of amides is 3. The second-order valence-electron chi connectivity index (χ2n) is 6.62. The van der Waals surface area contributed by atoms with Crippen LogP contribution in [-0.2, 0) is 0 Å². The van der Waals surface area contributed by atoms with Gasteiger partial charge >= 0.3 is 6.03 Å². The molecule has 138 valence electrons. The molecule has 1 heterocycles. The van der Waals surface area contributed by atoms with Gasteiger partial charge in [-0.25, -0.2) is 4.79 Å². The number of methoxy groups -OCH3 is 1. The molecule has 1 unspecified atom stereocenters. The van der Waals surface area contributed by atoms with Crippen LogP contribution in [0, 0.1) is 5.92 Å². The predicted octanol–water partition coefficient (Wildman–Crippen LogP) is 1.50. The Kier molecular flexibility index (Phi) is 5.80. The van der Waals surface area contributed by atoms with Gasteiger partial charge in [-0.2, -0.15) is 0 Å². The van der Waals surface area contributed by atoms with Crippen molar-refractivity contribution in [3.05, 3.63) is 23.8 Å². The van der Waals surface area contributed by atoms with Crippen molar-refractivity contribution in [1.82, 2.24) is 10.6 Å². The minimum atomic E-state index is -0.387. The number of rotatable bonds is 6. The fourth-order valence-corrected chi connectivity index (χ4v) is 3.12. The Bertz CT molecular complexity index is 665. The summed E-state index contributed by atoms with van der Waals surface area (Å²) in [5.74, 6) is 0.819. The predicted molar refractivity (Wildman–Crippen MR) is 98.6 cm³/mol. The molecule has 0 radical (unpaired) electrons. The lowest BCUT2D eigenvalue weighted by Crippen LogP contribution is -2.53. The summed E-state index contributed by atoms with van der Waals surface area (Å²) in [6, 6.07) is 4.93. The zero-order chi connectivity index (χ0) is 17.3. The van der Waals surface area contributed by atoms with Crippen LogP contribution in [0.4, 0.5) is 10.5 Å². The van der Waals surface area contributed by atoms with Crippen molar-refractivity contribution in [2.75, 3.05) is 31.6 Å². The molecule has 7 nitrogen and oxygen atoms in total. The van der Waals surface area contributed by atoms with Crippen LogP contribution >= 0.6 is 12.4 Å². The molecule has 0 aromatic heterocycles. The number of carbonyl (C=O) groups is 2. The van der Waals surface area contributed by atoms with Crippen LogP contribution in [-0.4, -0.2) is 44.2 Å². The van der Waals surface area contributed by atoms with E-state index in [0.717, 1.165) is 12.8 Å². The molecule has 8 heteroatoms. The van der Waals surface area contributed by atoms with E-state index in [0.29, 0.717) is 42.6 Å². The average Bonchev–Trinajstić information content (AvgIpc) is 3.36. The number of hydrogen-bond donors (Lipinski definition) is 3. The van der Waals surface area contributed by atoms with Gasteiger partial charge in [0, 0.05) is 25.2 Å². The second-order valence-corrected chi connectivity index (χ2v) is 6.62. The molecular formula is C17H25ClN4O3. The summed E-state index contributed by atoms with van der Waals surface area (Å²) in [5.41, 5.74) is 6.57. The maximum Gasteiger partial charge on any atom is 0.322 e. The fraction of sp³-hybridized carbons (Fsp3) is 0.529. The summed E-state index contributed by atoms with van der Waals surface area (Å²) in [7, 11) is 1.55. The Balaban J connectivity index is 0.00000225. The van der Waals surface area contributed by atoms with Crippen molar-refractivity contribution in [3.63, 3.8) is 0 Å². The van der Waals surface area contributed by atoms with Crippen LogP contribution in [0.3, 0.4) is 0 Å². The SMILES string of the molecule is COc1ccc(C(=O)NC(C)(CN)C2CC2)cc1N1CCNC1=O.Cl. The van der Waals surface area contributed by atoms with Crippen molar-refractivity contribution in [3.8, 4) is 5.75 Å². The molecule has 1 aliphatic carbocycles. The number of anilines is 1. The number of hydrogen-bond acceptors (Lipinski definition) is 4. The van der Waals surface area contributed by atoms with Crippen molar-refractivity contribution < 1.29 is 14.3 Å². The lowest BCUT2D eigenvalue weighted by molar-refractivity contribution is 0.0897. The molecule has 1 aromatic carbocycles. The van der Waals surface area contributed by atoms with Crippen molar-refractivity contribution in [2.45, 2.75) is 25.3 Å². The Labute approximate surface area is 153 Å². The maximum absolute atomic E-state index is 12.7. The topological polar surface area (TPSA) is 96.7 Å².